The Balaban J connectivity index is 0.00000441. The van der Waals surface area contributed by atoms with Crippen molar-refractivity contribution in [2.75, 3.05) is 20.8 Å². The molecule has 2 unspecified atom stereocenters. The molecule has 0 saturated carbocycles. The fraction of sp³-hybridized carbons (Fsp3) is 0.562. The molecule has 0 fully saturated rings. The molecule has 0 bridgehead atoms. The molecule has 0 aromatic heterocycles. The smallest absolute Gasteiger partial charge is 0.223 e. The number of rotatable bonds is 8. The molecule has 22 heavy (non-hydrogen) atoms. The SMILES string of the molecule is COc1ccc(C(NC(=O)CC(CN)OC)C(C)C)cc1.Cl. The van der Waals surface area contributed by atoms with E-state index in [2.05, 4.69) is 19.2 Å². The highest BCUT2D eigenvalue weighted by molar-refractivity contribution is 5.85. The summed E-state index contributed by atoms with van der Waals surface area (Å²) in [7, 11) is 3.20. The van der Waals surface area contributed by atoms with E-state index in [1.807, 2.05) is 24.3 Å². The zero-order valence-corrected chi connectivity index (χ0v) is 14.5. The zero-order valence-electron chi connectivity index (χ0n) is 13.7. The van der Waals surface area contributed by atoms with Gasteiger partial charge in [-0.15, -0.1) is 12.4 Å². The van der Waals surface area contributed by atoms with Crippen LogP contribution in [0.3, 0.4) is 0 Å². The third-order valence-corrected chi connectivity index (χ3v) is 3.47. The Kier molecular flexibility index (Phi) is 9.81. The number of nitrogens with one attached hydrogen (secondary N) is 1. The quantitative estimate of drug-likeness (QED) is 0.767. The zero-order chi connectivity index (χ0) is 15.8. The van der Waals surface area contributed by atoms with Gasteiger partial charge in [0.15, 0.2) is 0 Å². The van der Waals surface area contributed by atoms with Crippen molar-refractivity contribution < 1.29 is 14.3 Å². The Bertz CT molecular complexity index is 434. The van der Waals surface area contributed by atoms with Crippen LogP contribution in [0.25, 0.3) is 0 Å². The normalized spacial score (nSPS) is 13.2. The Morgan fingerprint density at radius 2 is 1.82 bits per heavy atom. The van der Waals surface area contributed by atoms with Crippen molar-refractivity contribution >= 4 is 18.3 Å². The lowest BCUT2D eigenvalue weighted by Gasteiger charge is -2.24. The summed E-state index contributed by atoms with van der Waals surface area (Å²) in [5.74, 6) is 1.03. The Morgan fingerprint density at radius 3 is 2.23 bits per heavy atom. The second kappa shape index (κ2) is 10.4. The molecular weight excluding hydrogens is 304 g/mol. The van der Waals surface area contributed by atoms with Gasteiger partial charge in [-0.3, -0.25) is 4.79 Å². The standard InChI is InChI=1S/C16H26N2O3.ClH/c1-11(2)16(12-5-7-13(20-3)8-6-12)18-15(19)9-14(10-17)21-4;/h5-8,11,14,16H,9-10,17H2,1-4H3,(H,18,19);1H. The lowest BCUT2D eigenvalue weighted by Crippen LogP contribution is -2.36. The molecule has 0 aliphatic rings. The largest absolute Gasteiger partial charge is 0.497 e. The van der Waals surface area contributed by atoms with Gasteiger partial charge < -0.3 is 20.5 Å². The summed E-state index contributed by atoms with van der Waals surface area (Å²) in [6, 6.07) is 7.70. The number of hydrogen-bond donors (Lipinski definition) is 2. The van der Waals surface area contributed by atoms with Crippen LogP contribution in [-0.4, -0.2) is 32.8 Å². The molecule has 1 aromatic carbocycles. The molecule has 0 spiro atoms. The van der Waals surface area contributed by atoms with Gasteiger partial charge >= 0.3 is 0 Å². The number of hydrogen-bond acceptors (Lipinski definition) is 4. The predicted molar refractivity (Wildman–Crippen MR) is 90.4 cm³/mol. The third-order valence-electron chi connectivity index (χ3n) is 3.47. The number of nitrogens with two attached hydrogens (primary N) is 1. The third kappa shape index (κ3) is 6.22. The highest BCUT2D eigenvalue weighted by atomic mass is 35.5. The van der Waals surface area contributed by atoms with Gasteiger partial charge in [0, 0.05) is 13.7 Å². The van der Waals surface area contributed by atoms with Crippen LogP contribution in [0.2, 0.25) is 0 Å². The number of methoxy groups -OCH3 is 2. The Hall–Kier alpha value is -1.30. The van der Waals surface area contributed by atoms with Gasteiger partial charge in [-0.25, -0.2) is 0 Å². The summed E-state index contributed by atoms with van der Waals surface area (Å²) in [5, 5.41) is 3.05. The highest BCUT2D eigenvalue weighted by Gasteiger charge is 2.20. The molecule has 1 rings (SSSR count). The van der Waals surface area contributed by atoms with Crippen LogP contribution in [-0.2, 0) is 9.53 Å². The van der Waals surface area contributed by atoms with Crippen LogP contribution in [0.5, 0.6) is 5.75 Å². The summed E-state index contributed by atoms with van der Waals surface area (Å²) in [6.07, 6.45) is 0.0282. The number of halogens is 1. The first-order valence-electron chi connectivity index (χ1n) is 7.18. The van der Waals surface area contributed by atoms with Gasteiger partial charge in [-0.05, 0) is 23.6 Å². The van der Waals surface area contributed by atoms with Crippen LogP contribution in [0, 0.1) is 5.92 Å². The fourth-order valence-corrected chi connectivity index (χ4v) is 2.15. The average molecular weight is 331 g/mol. The molecule has 0 aliphatic heterocycles. The minimum absolute atomic E-state index is 0. The Morgan fingerprint density at radius 1 is 1.23 bits per heavy atom. The van der Waals surface area contributed by atoms with E-state index in [1.165, 1.54) is 0 Å². The summed E-state index contributed by atoms with van der Waals surface area (Å²) >= 11 is 0. The van der Waals surface area contributed by atoms with E-state index in [0.29, 0.717) is 6.54 Å². The highest BCUT2D eigenvalue weighted by Crippen LogP contribution is 2.24. The van der Waals surface area contributed by atoms with E-state index in [1.54, 1.807) is 14.2 Å². The number of ether oxygens (including phenoxy) is 2. The summed E-state index contributed by atoms with van der Waals surface area (Å²) in [6.45, 7) is 4.48. The molecule has 5 nitrogen and oxygen atoms in total. The number of carbonyl (C=O) groups is 1. The minimum atomic E-state index is -0.242. The van der Waals surface area contributed by atoms with E-state index in [-0.39, 0.29) is 42.8 Å². The topological polar surface area (TPSA) is 73.6 Å². The lowest BCUT2D eigenvalue weighted by atomic mass is 9.95. The van der Waals surface area contributed by atoms with Crippen molar-refractivity contribution in [3.63, 3.8) is 0 Å². The second-order valence-corrected chi connectivity index (χ2v) is 5.36. The first-order valence-corrected chi connectivity index (χ1v) is 7.18. The molecule has 3 N–H and O–H groups in total. The molecule has 1 amide bonds. The molecule has 0 radical (unpaired) electrons. The first-order chi connectivity index (χ1) is 10.0. The summed E-state index contributed by atoms with van der Waals surface area (Å²) in [5.41, 5.74) is 6.60. The minimum Gasteiger partial charge on any atom is -0.497 e. The molecule has 126 valence electrons. The maximum Gasteiger partial charge on any atom is 0.223 e. The molecule has 1 aromatic rings. The van der Waals surface area contributed by atoms with E-state index < -0.39 is 0 Å². The maximum absolute atomic E-state index is 12.1. The average Bonchev–Trinajstić information content (AvgIpc) is 2.50. The molecule has 0 saturated heterocycles. The lowest BCUT2D eigenvalue weighted by molar-refractivity contribution is -0.124. The molecule has 0 aliphatic carbocycles. The van der Waals surface area contributed by atoms with Crippen molar-refractivity contribution in [1.29, 1.82) is 0 Å². The first kappa shape index (κ1) is 20.7. The number of carbonyl (C=O) groups excluding carboxylic acids is 1. The maximum atomic E-state index is 12.1. The Labute approximate surface area is 139 Å². The van der Waals surface area contributed by atoms with Crippen molar-refractivity contribution in [3.05, 3.63) is 29.8 Å². The van der Waals surface area contributed by atoms with Gasteiger partial charge in [0.1, 0.15) is 5.75 Å². The molecule has 0 heterocycles. The van der Waals surface area contributed by atoms with Crippen molar-refractivity contribution in [2.24, 2.45) is 11.7 Å². The molecular formula is C16H27ClN2O3. The van der Waals surface area contributed by atoms with Crippen molar-refractivity contribution in [3.8, 4) is 5.75 Å². The van der Waals surface area contributed by atoms with Gasteiger partial charge in [0.2, 0.25) is 5.91 Å². The van der Waals surface area contributed by atoms with E-state index >= 15 is 0 Å². The van der Waals surface area contributed by atoms with Crippen LogP contribution >= 0.6 is 12.4 Å². The van der Waals surface area contributed by atoms with E-state index in [4.69, 9.17) is 15.2 Å². The van der Waals surface area contributed by atoms with Crippen LogP contribution in [0.1, 0.15) is 31.9 Å². The van der Waals surface area contributed by atoms with Crippen molar-refractivity contribution in [2.45, 2.75) is 32.4 Å². The number of benzene rings is 1. The molecule has 2 atom stereocenters. The molecule has 6 heteroatoms. The number of amides is 1. The van der Waals surface area contributed by atoms with Gasteiger partial charge in [0.05, 0.1) is 25.7 Å². The van der Waals surface area contributed by atoms with Crippen LogP contribution in [0.4, 0.5) is 0 Å². The van der Waals surface area contributed by atoms with Crippen LogP contribution in [0.15, 0.2) is 24.3 Å². The fourth-order valence-electron chi connectivity index (χ4n) is 2.15. The monoisotopic (exact) mass is 330 g/mol. The second-order valence-electron chi connectivity index (χ2n) is 5.36. The summed E-state index contributed by atoms with van der Waals surface area (Å²) in [4.78, 5) is 12.1. The van der Waals surface area contributed by atoms with E-state index in [9.17, 15) is 4.79 Å². The van der Waals surface area contributed by atoms with Crippen molar-refractivity contribution in [1.82, 2.24) is 5.32 Å². The van der Waals surface area contributed by atoms with E-state index in [0.717, 1.165) is 11.3 Å². The van der Waals surface area contributed by atoms with Crippen LogP contribution < -0.4 is 15.8 Å². The predicted octanol–water partition coefficient (Wildman–Crippen LogP) is 2.29. The van der Waals surface area contributed by atoms with Gasteiger partial charge in [-0.1, -0.05) is 26.0 Å². The van der Waals surface area contributed by atoms with Gasteiger partial charge in [0.25, 0.3) is 0 Å². The summed E-state index contributed by atoms with van der Waals surface area (Å²) < 4.78 is 10.3. The van der Waals surface area contributed by atoms with Gasteiger partial charge in [-0.2, -0.15) is 0 Å².